The molecule has 3 aromatic rings. The highest BCUT2D eigenvalue weighted by molar-refractivity contribution is 6.31. The van der Waals surface area contributed by atoms with Crippen LogP contribution >= 0.6 is 0 Å². The number of imide groups is 1. The zero-order valence-corrected chi connectivity index (χ0v) is 56.8. The smallest absolute Gasteiger partial charge is 0.409 e. The molecule has 0 spiro atoms. The number of carbonyl (C=O) groups excluding carboxylic acids is 11. The van der Waals surface area contributed by atoms with Crippen LogP contribution in [-0.4, -0.2) is 245 Å². The fraction of sp³-hybridized carbons (Fsp3) is 0.561. The van der Waals surface area contributed by atoms with Crippen LogP contribution in [-0.2, 0) is 75.0 Å². The molecule has 9 N–H and O–H groups in total. The van der Waals surface area contributed by atoms with Gasteiger partial charge in [-0.3, -0.25) is 48.2 Å². The summed E-state index contributed by atoms with van der Waals surface area (Å²) in [6, 6.07) is 7.39. The number of rotatable bonds is 28. The number of phenolic OH excluding ortho intramolecular Hbond substituents is 2. The van der Waals surface area contributed by atoms with E-state index < -0.39 is 155 Å². The molecular weight excluding hydrogens is 1300 g/mol. The lowest BCUT2D eigenvalue weighted by Gasteiger charge is -2.43. The highest BCUT2D eigenvalue weighted by atomic mass is 27.0. The maximum atomic E-state index is 14.3. The number of benzene rings is 3. The van der Waals surface area contributed by atoms with Gasteiger partial charge in [0.15, 0.2) is 31.2 Å². The predicted octanol–water partition coefficient (Wildman–Crippen LogP) is 2.34. The van der Waals surface area contributed by atoms with E-state index in [1.165, 1.54) is 56.3 Å². The summed E-state index contributed by atoms with van der Waals surface area (Å²) in [5.41, 5.74) is 1.78. The lowest BCUT2D eigenvalue weighted by Crippen LogP contribution is -2.55. The summed E-state index contributed by atoms with van der Waals surface area (Å²) in [6.45, 7) is 5.02. The van der Waals surface area contributed by atoms with Crippen LogP contribution in [0.5, 0.6) is 17.2 Å². The second-order valence-electron chi connectivity index (χ2n) is 25.5. The van der Waals surface area contributed by atoms with E-state index in [2.05, 4.69) is 42.5 Å². The number of unbranched alkanes of at least 4 members (excludes halogenated alkanes) is 2. The van der Waals surface area contributed by atoms with Gasteiger partial charge in [0.1, 0.15) is 63.9 Å². The number of nitrogens with zero attached hydrogens (tertiary/aromatic N) is 4. The molecule has 4 heterocycles. The zero-order valence-electron chi connectivity index (χ0n) is 55.7. The molecule has 9 amide bonds. The van der Waals surface area contributed by atoms with Gasteiger partial charge in [0.25, 0.3) is 0 Å². The Bertz CT molecular complexity index is 3560. The van der Waals surface area contributed by atoms with Gasteiger partial charge in [-0.25, -0.2) is 14.4 Å². The number of hydrogen-bond acceptors (Lipinski definition) is 23. The number of nitrogens with one attached hydrogen (secondary N) is 4. The molecule has 11 atom stereocenters. The van der Waals surface area contributed by atoms with Crippen molar-refractivity contribution in [2.75, 3.05) is 79.6 Å². The Morgan fingerprint density at radius 3 is 2.22 bits per heavy atom. The van der Waals surface area contributed by atoms with Crippen molar-refractivity contribution in [2.24, 2.45) is 11.7 Å². The van der Waals surface area contributed by atoms with Gasteiger partial charge in [-0.1, -0.05) is 44.5 Å². The number of aromatic hydroxyl groups is 2. The number of ether oxygens (including phenoxy) is 8. The number of methoxy groups -OCH3 is 2. The van der Waals surface area contributed by atoms with Gasteiger partial charge in [0, 0.05) is 114 Å². The first-order chi connectivity index (χ1) is 46.6. The monoisotopic (exact) mass is 1380 g/mol. The number of nitrogens with two attached hydrogens (primary N) is 1. The first-order valence-corrected chi connectivity index (χ1v) is 33.2. The van der Waals surface area contributed by atoms with Crippen LogP contribution in [0.2, 0.25) is 4.78 Å². The number of fused-ring (bicyclic) bond motifs is 6. The van der Waals surface area contributed by atoms with E-state index in [0.717, 1.165) is 4.90 Å². The predicted molar refractivity (Wildman–Crippen MR) is 343 cm³/mol. The number of morpholine rings is 1. The summed E-state index contributed by atoms with van der Waals surface area (Å²) in [4.78, 5) is 151. The van der Waals surface area contributed by atoms with E-state index in [0.29, 0.717) is 43.7 Å². The fourth-order valence-electron chi connectivity index (χ4n) is 13.1. The molecule has 2 radical (unpaired) electrons. The Morgan fingerprint density at radius 2 is 1.56 bits per heavy atom. The van der Waals surface area contributed by atoms with Crippen molar-refractivity contribution in [3.8, 4) is 17.2 Å². The molecule has 2 aliphatic carbocycles. The Kier molecular flexibility index (Phi) is 24.2. The van der Waals surface area contributed by atoms with Crippen molar-refractivity contribution in [2.45, 2.75) is 157 Å². The summed E-state index contributed by atoms with van der Waals surface area (Å²) >= 11 is 2.37. The molecule has 4 fully saturated rings. The van der Waals surface area contributed by atoms with Gasteiger partial charge in [-0.2, -0.15) is 0 Å². The van der Waals surface area contributed by atoms with Crippen molar-refractivity contribution < 1.29 is 106 Å². The number of likely N-dealkylation sites (tertiary alicyclic amines) is 1. The number of primary amides is 1. The quantitative estimate of drug-likeness (QED) is 0.0175. The number of urea groups is 1. The largest absolute Gasteiger partial charge is 0.507 e. The molecule has 32 heteroatoms. The molecule has 0 bridgehead atoms. The highest BCUT2D eigenvalue weighted by Crippen LogP contribution is 2.53. The van der Waals surface area contributed by atoms with Crippen molar-refractivity contribution in [1.82, 2.24) is 35.6 Å². The van der Waals surface area contributed by atoms with Crippen LogP contribution < -0.4 is 31.7 Å². The molecule has 98 heavy (non-hydrogen) atoms. The summed E-state index contributed by atoms with van der Waals surface area (Å²) in [5, 5.41) is 47.4. The molecule has 528 valence electrons. The minimum Gasteiger partial charge on any atom is -0.507 e. The van der Waals surface area contributed by atoms with Crippen LogP contribution in [0, 0.1) is 5.92 Å². The van der Waals surface area contributed by atoms with E-state index in [-0.39, 0.29) is 117 Å². The van der Waals surface area contributed by atoms with Crippen LogP contribution in [0.3, 0.4) is 0 Å². The maximum absolute atomic E-state index is 14.3. The van der Waals surface area contributed by atoms with Gasteiger partial charge in [0.2, 0.25) is 41.1 Å². The lowest BCUT2D eigenvalue weighted by atomic mass is 9.72. The third-order valence-electron chi connectivity index (χ3n) is 18.4. The van der Waals surface area contributed by atoms with Gasteiger partial charge in [-0.15, -0.1) is 0 Å². The van der Waals surface area contributed by atoms with E-state index in [1.54, 1.807) is 45.0 Å². The zero-order chi connectivity index (χ0) is 71.0. The Labute approximate surface area is 573 Å². The number of Topliss-reactive ketones (excluding diaryl/α,β-unsaturated/α-hetero) is 1. The summed E-state index contributed by atoms with van der Waals surface area (Å²) in [5.74, 6) is -6.64. The number of ketones is 3. The van der Waals surface area contributed by atoms with Gasteiger partial charge in [-0.05, 0) is 67.1 Å². The minimum absolute atomic E-state index is 0.0443. The first-order valence-electron chi connectivity index (χ1n) is 32.5. The molecule has 4 saturated heterocycles. The standard InChI is InChI=1S/C66H84N9O22.Al/c1-34(2)53(71-45(77)16-9-8-10-24-75-46(78)21-22-47(75)79)60(85)70-40(14-12-23-68-63(67)86)59(84)69-37-19-17-36(18-20-37)32-93-64(87)72(4)25-26-73(5)65(88)94-33-44(76)66(89)30-39-50(57(83)52-51(55(39)81)54(80)38-13-11-15-42(90-6)49(38)56(52)82)43(31-66)96-48-29-41-58(35(3)95-48)97-61-62(91-7)92-28-27-74(41)61;/h11,13,15,17-21,34-35,40-41,43,48,53,58,61-62,81,83,89H,8-10,12,14,16,22-33H2,1-7H3,(H,69,84)(H,70,85)(H,71,77)(H3,67,68,86);/t35-,40-,41-,43-,48-,53-,58+,61+,62-,66-;/m0./s1. The topological polar surface area (TPSA) is 409 Å². The average molecular weight is 1380 g/mol. The van der Waals surface area contributed by atoms with Gasteiger partial charge >= 0.3 is 18.2 Å². The van der Waals surface area contributed by atoms with Crippen molar-refractivity contribution in [3.63, 3.8) is 0 Å². The van der Waals surface area contributed by atoms with Crippen molar-refractivity contribution in [1.29, 1.82) is 0 Å². The second kappa shape index (κ2) is 32.1. The minimum atomic E-state index is -2.49. The molecule has 9 rings (SSSR count). The molecule has 0 saturated carbocycles. The SMILES string of the molecule is COc1cccc2c1C(=O)c1c(O)c3c(c(O)c1C2=O)C[C@@](O)(C(=O)COC(=O)N(C)CCN(C)C(=O)OCc1ccc(NC(=O)[C@H](CCCNC(N)=O)NC(=O)[C@@H](NC(=O)CCCCCN2C(=O)C[CH]([Al])C2=O)C(C)C)cc1)C[C@@H]3O[C@H]1C[C@H]2[C@H](O[C@@H]3[C@@H](OC)OCCN32)[C@H](C)O1. The normalized spacial score (nSPS) is 23.8. The Balaban J connectivity index is 0.771. The molecule has 31 nitrogen and oxygen atoms in total. The first kappa shape index (κ1) is 73.9. The molecule has 0 aromatic heterocycles. The molecule has 3 aromatic carbocycles. The van der Waals surface area contributed by atoms with Crippen molar-refractivity contribution >= 4 is 87.1 Å². The third kappa shape index (κ3) is 16.5. The number of amides is 9. The van der Waals surface area contributed by atoms with Crippen molar-refractivity contribution in [3.05, 3.63) is 81.4 Å². The Hall–Kier alpha value is -8.32. The van der Waals surface area contributed by atoms with Gasteiger partial charge < -0.3 is 90.0 Å². The number of phenols is 2. The van der Waals surface area contributed by atoms with Crippen LogP contribution in [0.25, 0.3) is 0 Å². The number of anilines is 1. The van der Waals surface area contributed by atoms with E-state index >= 15 is 0 Å². The van der Waals surface area contributed by atoms with Crippen LogP contribution in [0.1, 0.15) is 133 Å². The van der Waals surface area contributed by atoms with E-state index in [9.17, 15) is 68.1 Å². The molecule has 6 aliphatic rings. The summed E-state index contributed by atoms with van der Waals surface area (Å²) in [7, 11) is 5.58. The highest BCUT2D eigenvalue weighted by Gasteiger charge is 2.56. The summed E-state index contributed by atoms with van der Waals surface area (Å²) in [6.07, 6.45) is -5.76. The fourth-order valence-corrected chi connectivity index (χ4v) is 13.5. The van der Waals surface area contributed by atoms with Crippen LogP contribution in [0.4, 0.5) is 20.1 Å². The summed E-state index contributed by atoms with van der Waals surface area (Å²) < 4.78 is 46.5. The molecule has 1 unspecified atom stereocenters. The third-order valence-corrected chi connectivity index (χ3v) is 19.0. The molecular formula is C66H84AlN9O22. The second-order valence-corrected chi connectivity index (χ2v) is 26.4. The number of hydrogen-bond donors (Lipinski definition) is 8. The average Bonchev–Trinajstić information content (AvgIpc) is 0.892. The number of aliphatic hydroxyl groups is 1. The van der Waals surface area contributed by atoms with E-state index in [1.807, 2.05) is 0 Å². The van der Waals surface area contributed by atoms with Gasteiger partial charge in [0.05, 0.1) is 42.6 Å². The molecule has 4 aliphatic heterocycles. The van der Waals surface area contributed by atoms with Crippen LogP contribution in [0.15, 0.2) is 42.5 Å². The number of carbonyl (C=O) groups is 11. The lowest BCUT2D eigenvalue weighted by molar-refractivity contribution is -0.256. The maximum Gasteiger partial charge on any atom is 0.409 e. The Morgan fingerprint density at radius 1 is 0.857 bits per heavy atom. The number of likely N-dealkylation sites (N-methyl/N-ethyl adjacent to an activating group) is 2. The van der Waals surface area contributed by atoms with E-state index in [4.69, 9.17) is 43.6 Å².